The first-order valence-corrected chi connectivity index (χ1v) is 8.14. The van der Waals surface area contributed by atoms with E-state index in [1.54, 1.807) is 0 Å². The first-order valence-electron chi connectivity index (χ1n) is 6.59. The van der Waals surface area contributed by atoms with Crippen LogP contribution in [0, 0.1) is 0 Å². The maximum atomic E-state index is 6.04. The predicted octanol–water partition coefficient (Wildman–Crippen LogP) is 6.11. The van der Waals surface area contributed by atoms with E-state index in [2.05, 4.69) is 33.4 Å². The molecular formula is C16H14BrCl2N. The monoisotopic (exact) mass is 369 g/mol. The van der Waals surface area contributed by atoms with Crippen LogP contribution < -0.4 is 5.32 Å². The van der Waals surface area contributed by atoms with Crippen LogP contribution in [-0.2, 0) is 0 Å². The van der Waals surface area contributed by atoms with Gasteiger partial charge in [-0.05, 0) is 70.6 Å². The van der Waals surface area contributed by atoms with E-state index < -0.39 is 0 Å². The zero-order valence-corrected chi connectivity index (χ0v) is 13.8. The maximum Gasteiger partial charge on any atom is 0.0501 e. The number of hydrogen-bond acceptors (Lipinski definition) is 1. The molecule has 0 bridgehead atoms. The van der Waals surface area contributed by atoms with Crippen molar-refractivity contribution in [2.24, 2.45) is 0 Å². The lowest BCUT2D eigenvalue weighted by Gasteiger charge is -2.37. The topological polar surface area (TPSA) is 12.0 Å². The summed E-state index contributed by atoms with van der Waals surface area (Å²) in [7, 11) is 0. The minimum absolute atomic E-state index is 0.494. The second-order valence-corrected chi connectivity index (χ2v) is 6.92. The molecule has 1 aliphatic carbocycles. The molecule has 1 aliphatic rings. The van der Waals surface area contributed by atoms with Crippen molar-refractivity contribution in [3.63, 3.8) is 0 Å². The van der Waals surface area contributed by atoms with Crippen molar-refractivity contribution in [2.45, 2.75) is 24.8 Å². The average Bonchev–Trinajstić information content (AvgIpc) is 2.37. The minimum atomic E-state index is 0.494. The molecule has 0 radical (unpaired) electrons. The fraction of sp³-hybridized carbons (Fsp3) is 0.250. The summed E-state index contributed by atoms with van der Waals surface area (Å²) in [6, 6.07) is 14.5. The predicted molar refractivity (Wildman–Crippen MR) is 90.0 cm³/mol. The maximum absolute atomic E-state index is 6.04. The highest BCUT2D eigenvalue weighted by Gasteiger charge is 2.30. The number of hydrogen-bond donors (Lipinski definition) is 1. The van der Waals surface area contributed by atoms with Crippen molar-refractivity contribution >= 4 is 44.8 Å². The smallest absolute Gasteiger partial charge is 0.0501 e. The van der Waals surface area contributed by atoms with E-state index in [1.165, 1.54) is 5.56 Å². The third-order valence-electron chi connectivity index (χ3n) is 3.75. The van der Waals surface area contributed by atoms with Gasteiger partial charge in [-0.25, -0.2) is 0 Å². The number of halogens is 3. The lowest BCUT2D eigenvalue weighted by Crippen LogP contribution is -2.34. The molecule has 0 atom stereocenters. The van der Waals surface area contributed by atoms with E-state index in [1.807, 2.05) is 30.3 Å². The number of rotatable bonds is 3. The van der Waals surface area contributed by atoms with Crippen LogP contribution in [0.3, 0.4) is 0 Å². The van der Waals surface area contributed by atoms with Crippen molar-refractivity contribution in [1.82, 2.24) is 0 Å². The van der Waals surface area contributed by atoms with Crippen molar-refractivity contribution in [2.75, 3.05) is 5.32 Å². The Balaban J connectivity index is 1.62. The highest BCUT2D eigenvalue weighted by Crippen LogP contribution is 2.40. The van der Waals surface area contributed by atoms with Crippen molar-refractivity contribution in [1.29, 1.82) is 0 Å². The highest BCUT2D eigenvalue weighted by atomic mass is 79.9. The van der Waals surface area contributed by atoms with E-state index in [-0.39, 0.29) is 0 Å². The van der Waals surface area contributed by atoms with Gasteiger partial charge in [0.25, 0.3) is 0 Å². The van der Waals surface area contributed by atoms with Gasteiger partial charge < -0.3 is 5.32 Å². The molecule has 2 aromatic rings. The van der Waals surface area contributed by atoms with E-state index in [0.717, 1.165) is 33.0 Å². The summed E-state index contributed by atoms with van der Waals surface area (Å²) in [6.45, 7) is 0. The molecule has 1 nitrogen and oxygen atoms in total. The zero-order chi connectivity index (χ0) is 14.1. The van der Waals surface area contributed by atoms with Crippen LogP contribution in [0.2, 0.25) is 10.0 Å². The van der Waals surface area contributed by atoms with E-state index in [0.29, 0.717) is 12.0 Å². The van der Waals surface area contributed by atoms with Gasteiger partial charge in [-0.15, -0.1) is 0 Å². The van der Waals surface area contributed by atoms with Crippen LogP contribution in [0.4, 0.5) is 5.69 Å². The van der Waals surface area contributed by atoms with Crippen molar-refractivity contribution < 1.29 is 0 Å². The molecule has 4 heteroatoms. The van der Waals surface area contributed by atoms with E-state index >= 15 is 0 Å². The Hall–Kier alpha value is -0.700. The fourth-order valence-electron chi connectivity index (χ4n) is 2.60. The summed E-state index contributed by atoms with van der Waals surface area (Å²) in [4.78, 5) is 0. The number of anilines is 1. The molecule has 104 valence electrons. The van der Waals surface area contributed by atoms with Crippen LogP contribution in [0.15, 0.2) is 46.9 Å². The zero-order valence-electron chi connectivity index (χ0n) is 10.7. The Kier molecular flexibility index (Phi) is 4.25. The molecule has 0 aliphatic heterocycles. The second kappa shape index (κ2) is 5.97. The highest BCUT2D eigenvalue weighted by molar-refractivity contribution is 9.10. The van der Waals surface area contributed by atoms with Crippen LogP contribution in [0.1, 0.15) is 24.3 Å². The fourth-order valence-corrected chi connectivity index (χ4v) is 3.33. The lowest BCUT2D eigenvalue weighted by atomic mass is 9.76. The molecule has 0 amide bonds. The summed E-state index contributed by atoms with van der Waals surface area (Å²) in [5.74, 6) is 0.601. The largest absolute Gasteiger partial charge is 0.381 e. The Labute approximate surface area is 137 Å². The minimum Gasteiger partial charge on any atom is -0.381 e. The third-order valence-corrected chi connectivity index (χ3v) is 4.91. The first-order chi connectivity index (χ1) is 9.61. The summed E-state index contributed by atoms with van der Waals surface area (Å²) in [6.07, 6.45) is 2.25. The molecule has 1 fully saturated rings. The normalized spacial score (nSPS) is 21.4. The Bertz CT molecular complexity index is 624. The van der Waals surface area contributed by atoms with Gasteiger partial charge in [0.05, 0.1) is 5.69 Å². The Morgan fingerprint density at radius 3 is 2.50 bits per heavy atom. The summed E-state index contributed by atoms with van der Waals surface area (Å²) < 4.78 is 1.05. The summed E-state index contributed by atoms with van der Waals surface area (Å²) in [5.41, 5.74) is 2.40. The molecule has 0 saturated heterocycles. The molecule has 0 aromatic heterocycles. The van der Waals surface area contributed by atoms with Gasteiger partial charge in [0.2, 0.25) is 0 Å². The first kappa shape index (κ1) is 14.2. The molecule has 20 heavy (non-hydrogen) atoms. The van der Waals surface area contributed by atoms with Crippen molar-refractivity contribution in [3.05, 3.63) is 62.5 Å². The van der Waals surface area contributed by atoms with E-state index in [4.69, 9.17) is 23.2 Å². The number of benzene rings is 2. The molecular weight excluding hydrogens is 357 g/mol. The van der Waals surface area contributed by atoms with Gasteiger partial charge >= 0.3 is 0 Å². The quantitative estimate of drug-likeness (QED) is 0.686. The standard InChI is InChI=1S/C16H14BrCl2N/c17-15-5-4-13(19)9-16(15)20-14-7-11(8-14)10-2-1-3-12(18)6-10/h1-6,9,11,14,20H,7-8H2. The van der Waals surface area contributed by atoms with Gasteiger partial charge in [-0.3, -0.25) is 0 Å². The lowest BCUT2D eigenvalue weighted by molar-refractivity contribution is 0.374. The Morgan fingerprint density at radius 1 is 1.00 bits per heavy atom. The molecule has 0 spiro atoms. The molecule has 1 saturated carbocycles. The third kappa shape index (κ3) is 3.13. The van der Waals surface area contributed by atoms with Gasteiger partial charge in [-0.2, -0.15) is 0 Å². The second-order valence-electron chi connectivity index (χ2n) is 5.19. The van der Waals surface area contributed by atoms with Gasteiger partial charge in [0.1, 0.15) is 0 Å². The SMILES string of the molecule is Clc1cccc(C2CC(Nc3cc(Cl)ccc3Br)C2)c1. The number of nitrogens with one attached hydrogen (secondary N) is 1. The van der Waals surface area contributed by atoms with Gasteiger partial charge in [0, 0.05) is 20.6 Å². The van der Waals surface area contributed by atoms with Gasteiger partial charge in [-0.1, -0.05) is 35.3 Å². The average molecular weight is 371 g/mol. The molecule has 2 aromatic carbocycles. The molecule has 0 unspecified atom stereocenters. The van der Waals surface area contributed by atoms with Crippen molar-refractivity contribution in [3.8, 4) is 0 Å². The Morgan fingerprint density at radius 2 is 1.75 bits per heavy atom. The summed E-state index contributed by atoms with van der Waals surface area (Å²) in [5, 5.41) is 5.11. The van der Waals surface area contributed by atoms with Crippen LogP contribution >= 0.6 is 39.1 Å². The van der Waals surface area contributed by atoms with Crippen LogP contribution in [0.25, 0.3) is 0 Å². The molecule has 3 rings (SSSR count). The molecule has 0 heterocycles. The van der Waals surface area contributed by atoms with E-state index in [9.17, 15) is 0 Å². The van der Waals surface area contributed by atoms with Crippen LogP contribution in [-0.4, -0.2) is 6.04 Å². The van der Waals surface area contributed by atoms with Crippen LogP contribution in [0.5, 0.6) is 0 Å². The molecule has 1 N–H and O–H groups in total. The summed E-state index contributed by atoms with van der Waals surface area (Å²) >= 11 is 15.6. The van der Waals surface area contributed by atoms with Gasteiger partial charge in [0.15, 0.2) is 0 Å².